The van der Waals surface area contributed by atoms with Gasteiger partial charge in [-0.2, -0.15) is 0 Å². The predicted octanol–water partition coefficient (Wildman–Crippen LogP) is 4.05. The number of aromatic nitrogens is 1. The monoisotopic (exact) mass is 289 g/mol. The predicted molar refractivity (Wildman–Crippen MR) is 90.9 cm³/mol. The first-order valence-corrected chi connectivity index (χ1v) is 8.69. The maximum absolute atomic E-state index is 4.82. The van der Waals surface area contributed by atoms with Crippen molar-refractivity contribution in [2.75, 3.05) is 18.0 Å². The number of hydrogen-bond acceptors (Lipinski definition) is 3. The summed E-state index contributed by atoms with van der Waals surface area (Å²) in [5.41, 5.74) is 2.51. The Morgan fingerprint density at radius 1 is 1.24 bits per heavy atom. The molecule has 0 amide bonds. The van der Waals surface area contributed by atoms with Gasteiger partial charge in [0.15, 0.2) is 0 Å². The molecule has 0 aliphatic carbocycles. The minimum absolute atomic E-state index is 0.689. The molecule has 1 saturated heterocycles. The maximum Gasteiger partial charge on any atom is 0.129 e. The highest BCUT2D eigenvalue weighted by Gasteiger charge is 2.23. The molecule has 0 radical (unpaired) electrons. The molecule has 1 N–H and O–H groups in total. The van der Waals surface area contributed by atoms with Gasteiger partial charge in [0.05, 0.1) is 0 Å². The summed E-state index contributed by atoms with van der Waals surface area (Å²) in [6, 6.07) is 5.20. The minimum Gasteiger partial charge on any atom is -0.354 e. The zero-order valence-electron chi connectivity index (χ0n) is 14.0. The van der Waals surface area contributed by atoms with Crippen molar-refractivity contribution in [1.82, 2.24) is 10.3 Å². The third-order valence-corrected chi connectivity index (χ3v) is 4.30. The third-order valence-electron chi connectivity index (χ3n) is 4.30. The van der Waals surface area contributed by atoms with E-state index in [0.29, 0.717) is 6.04 Å². The SMILES string of the molecule is CCCNCc1cc(C)nc(N2CCCCC2CCC)c1. The molecule has 1 aliphatic heterocycles. The lowest BCUT2D eigenvalue weighted by molar-refractivity contribution is 0.431. The number of rotatable bonds is 7. The lowest BCUT2D eigenvalue weighted by Gasteiger charge is -2.37. The Morgan fingerprint density at radius 2 is 2.10 bits per heavy atom. The van der Waals surface area contributed by atoms with Crippen LogP contribution in [-0.2, 0) is 6.54 Å². The molecule has 0 bridgehead atoms. The van der Waals surface area contributed by atoms with Crippen molar-refractivity contribution in [3.63, 3.8) is 0 Å². The number of aryl methyl sites for hydroxylation is 1. The lowest BCUT2D eigenvalue weighted by Crippen LogP contribution is -2.40. The molecule has 1 atom stereocenters. The Labute approximate surface area is 130 Å². The molecular formula is C18H31N3. The van der Waals surface area contributed by atoms with Gasteiger partial charge < -0.3 is 10.2 Å². The average molecular weight is 289 g/mol. The van der Waals surface area contributed by atoms with E-state index in [-0.39, 0.29) is 0 Å². The first-order chi connectivity index (χ1) is 10.2. The van der Waals surface area contributed by atoms with Crippen LogP contribution in [0.2, 0.25) is 0 Å². The lowest BCUT2D eigenvalue weighted by atomic mass is 9.98. The van der Waals surface area contributed by atoms with Gasteiger partial charge in [-0.25, -0.2) is 4.98 Å². The van der Waals surface area contributed by atoms with Gasteiger partial charge in [0.25, 0.3) is 0 Å². The van der Waals surface area contributed by atoms with E-state index < -0.39 is 0 Å². The van der Waals surface area contributed by atoms with Crippen molar-refractivity contribution in [1.29, 1.82) is 0 Å². The Balaban J connectivity index is 2.12. The summed E-state index contributed by atoms with van der Waals surface area (Å²) < 4.78 is 0. The van der Waals surface area contributed by atoms with E-state index in [1.165, 1.54) is 56.5 Å². The normalized spacial score (nSPS) is 19.0. The van der Waals surface area contributed by atoms with Crippen LogP contribution < -0.4 is 10.2 Å². The van der Waals surface area contributed by atoms with Gasteiger partial charge in [0, 0.05) is 24.8 Å². The van der Waals surface area contributed by atoms with Gasteiger partial charge in [0.1, 0.15) is 5.82 Å². The zero-order valence-corrected chi connectivity index (χ0v) is 14.0. The highest BCUT2D eigenvalue weighted by molar-refractivity contribution is 5.44. The molecule has 2 heterocycles. The van der Waals surface area contributed by atoms with Crippen LogP contribution in [0.3, 0.4) is 0 Å². The maximum atomic E-state index is 4.82. The smallest absolute Gasteiger partial charge is 0.129 e. The van der Waals surface area contributed by atoms with E-state index >= 15 is 0 Å². The summed E-state index contributed by atoms with van der Waals surface area (Å²) in [5.74, 6) is 1.20. The fourth-order valence-electron chi connectivity index (χ4n) is 3.32. The summed E-state index contributed by atoms with van der Waals surface area (Å²) >= 11 is 0. The number of nitrogens with zero attached hydrogens (tertiary/aromatic N) is 2. The van der Waals surface area contributed by atoms with Crippen molar-refractivity contribution in [2.45, 2.75) is 71.9 Å². The van der Waals surface area contributed by atoms with Gasteiger partial charge >= 0.3 is 0 Å². The van der Waals surface area contributed by atoms with Crippen molar-refractivity contribution in [3.05, 3.63) is 23.4 Å². The number of nitrogens with one attached hydrogen (secondary N) is 1. The molecule has 0 spiro atoms. The van der Waals surface area contributed by atoms with Crippen LogP contribution in [0.25, 0.3) is 0 Å². The molecule has 21 heavy (non-hydrogen) atoms. The Kier molecular flexibility index (Phi) is 6.50. The van der Waals surface area contributed by atoms with E-state index in [4.69, 9.17) is 4.98 Å². The third kappa shape index (κ3) is 4.70. The number of piperidine rings is 1. The van der Waals surface area contributed by atoms with Gasteiger partial charge in [-0.05, 0) is 63.3 Å². The number of anilines is 1. The second-order valence-corrected chi connectivity index (χ2v) is 6.28. The molecular weight excluding hydrogens is 258 g/mol. The quantitative estimate of drug-likeness (QED) is 0.768. The van der Waals surface area contributed by atoms with Gasteiger partial charge in [0.2, 0.25) is 0 Å². The highest BCUT2D eigenvalue weighted by Crippen LogP contribution is 2.27. The molecule has 3 nitrogen and oxygen atoms in total. The largest absolute Gasteiger partial charge is 0.354 e. The molecule has 118 valence electrons. The molecule has 2 rings (SSSR count). The topological polar surface area (TPSA) is 28.2 Å². The first-order valence-electron chi connectivity index (χ1n) is 8.69. The second kappa shape index (κ2) is 8.38. The fourth-order valence-corrected chi connectivity index (χ4v) is 3.32. The Bertz CT molecular complexity index is 428. The summed E-state index contributed by atoms with van der Waals surface area (Å²) in [4.78, 5) is 7.38. The molecule has 0 saturated carbocycles. The van der Waals surface area contributed by atoms with E-state index in [1.807, 2.05) is 0 Å². The molecule has 1 aliphatic rings. The summed E-state index contributed by atoms with van der Waals surface area (Å²) in [5, 5.41) is 3.50. The Morgan fingerprint density at radius 3 is 2.86 bits per heavy atom. The molecule has 3 heteroatoms. The van der Waals surface area contributed by atoms with Gasteiger partial charge in [-0.15, -0.1) is 0 Å². The van der Waals surface area contributed by atoms with Crippen LogP contribution in [0.15, 0.2) is 12.1 Å². The molecule has 1 fully saturated rings. The molecule has 1 unspecified atom stereocenters. The fraction of sp³-hybridized carbons (Fsp3) is 0.722. The van der Waals surface area contributed by atoms with E-state index in [9.17, 15) is 0 Å². The molecule has 1 aromatic heterocycles. The second-order valence-electron chi connectivity index (χ2n) is 6.28. The first kappa shape index (κ1) is 16.3. The number of hydrogen-bond donors (Lipinski definition) is 1. The van der Waals surface area contributed by atoms with Crippen molar-refractivity contribution >= 4 is 5.82 Å². The van der Waals surface area contributed by atoms with Gasteiger partial charge in [-0.3, -0.25) is 0 Å². The summed E-state index contributed by atoms with van der Waals surface area (Å²) in [6.45, 7) is 9.82. The standard InChI is InChI=1S/C18H31N3/c1-4-8-17-9-6-7-11-21(17)18-13-16(12-15(3)20-18)14-19-10-5-2/h12-13,17,19H,4-11,14H2,1-3H3. The summed E-state index contributed by atoms with van der Waals surface area (Å²) in [6.07, 6.45) is 7.74. The van der Waals surface area contributed by atoms with Crippen LogP contribution in [-0.4, -0.2) is 24.1 Å². The van der Waals surface area contributed by atoms with E-state index in [2.05, 4.69) is 43.1 Å². The molecule has 1 aromatic rings. The zero-order chi connectivity index (χ0) is 15.1. The van der Waals surface area contributed by atoms with Gasteiger partial charge in [-0.1, -0.05) is 20.3 Å². The highest BCUT2D eigenvalue weighted by atomic mass is 15.2. The van der Waals surface area contributed by atoms with Crippen molar-refractivity contribution < 1.29 is 0 Å². The Hall–Kier alpha value is -1.09. The van der Waals surface area contributed by atoms with Crippen LogP contribution in [0, 0.1) is 6.92 Å². The van der Waals surface area contributed by atoms with Crippen LogP contribution in [0.1, 0.15) is 63.6 Å². The van der Waals surface area contributed by atoms with E-state index in [0.717, 1.165) is 18.8 Å². The van der Waals surface area contributed by atoms with Crippen molar-refractivity contribution in [3.8, 4) is 0 Å². The van der Waals surface area contributed by atoms with Crippen molar-refractivity contribution in [2.24, 2.45) is 0 Å². The summed E-state index contributed by atoms with van der Waals surface area (Å²) in [7, 11) is 0. The average Bonchev–Trinajstić information content (AvgIpc) is 2.48. The number of pyridine rings is 1. The minimum atomic E-state index is 0.689. The molecule has 0 aromatic carbocycles. The van der Waals surface area contributed by atoms with Crippen LogP contribution in [0.4, 0.5) is 5.82 Å². The van der Waals surface area contributed by atoms with Crippen LogP contribution >= 0.6 is 0 Å². The van der Waals surface area contributed by atoms with Crippen LogP contribution in [0.5, 0.6) is 0 Å². The van der Waals surface area contributed by atoms with E-state index in [1.54, 1.807) is 0 Å².